The number of hydrogen-bond acceptors (Lipinski definition) is 5. The summed E-state index contributed by atoms with van der Waals surface area (Å²) >= 11 is 0. The highest BCUT2D eigenvalue weighted by Gasteiger charge is 2.25. The molecular formula is C14H24N4O. The van der Waals surface area contributed by atoms with E-state index < -0.39 is 0 Å². The van der Waals surface area contributed by atoms with Crippen LogP contribution in [0.5, 0.6) is 0 Å². The quantitative estimate of drug-likeness (QED) is 0.816. The number of aromatic nitrogens is 1. The number of nitrogens with zero attached hydrogens (tertiary/aromatic N) is 2. The standard InChI is InChI=1S/C14H24N4O/c1-2-6-18-7-8-19-13(10-18)12(15)9-11-4-3-5-17-14(11)16/h3-5,12-13H,2,6-10,15H2,1H3,(H2,16,17). The van der Waals surface area contributed by atoms with Crippen molar-refractivity contribution in [1.82, 2.24) is 9.88 Å². The number of anilines is 1. The van der Waals surface area contributed by atoms with Crippen molar-refractivity contribution in [2.24, 2.45) is 5.73 Å². The molecule has 2 rings (SSSR count). The normalized spacial score (nSPS) is 22.3. The molecule has 0 aromatic carbocycles. The molecule has 106 valence electrons. The Balaban J connectivity index is 1.92. The molecule has 2 atom stereocenters. The van der Waals surface area contributed by atoms with Gasteiger partial charge in [0, 0.05) is 25.3 Å². The Morgan fingerprint density at radius 3 is 3.16 bits per heavy atom. The summed E-state index contributed by atoms with van der Waals surface area (Å²) < 4.78 is 5.80. The predicted octanol–water partition coefficient (Wildman–Crippen LogP) is 0.644. The van der Waals surface area contributed by atoms with Gasteiger partial charge in [-0.15, -0.1) is 0 Å². The van der Waals surface area contributed by atoms with E-state index in [4.69, 9.17) is 16.2 Å². The van der Waals surface area contributed by atoms with E-state index in [-0.39, 0.29) is 12.1 Å². The highest BCUT2D eigenvalue weighted by molar-refractivity contribution is 5.39. The molecular weight excluding hydrogens is 240 g/mol. The van der Waals surface area contributed by atoms with Crippen LogP contribution in [0.1, 0.15) is 18.9 Å². The van der Waals surface area contributed by atoms with Gasteiger partial charge in [0.05, 0.1) is 12.7 Å². The first kappa shape index (κ1) is 14.2. The zero-order valence-corrected chi connectivity index (χ0v) is 11.6. The Hall–Kier alpha value is -1.17. The largest absolute Gasteiger partial charge is 0.383 e. The molecule has 2 heterocycles. The number of nitrogen functional groups attached to an aromatic ring is 1. The Morgan fingerprint density at radius 1 is 1.58 bits per heavy atom. The molecule has 5 heteroatoms. The maximum Gasteiger partial charge on any atom is 0.126 e. The lowest BCUT2D eigenvalue weighted by atomic mass is 10.0. The summed E-state index contributed by atoms with van der Waals surface area (Å²) in [6.45, 7) is 5.99. The van der Waals surface area contributed by atoms with Gasteiger partial charge in [0.25, 0.3) is 0 Å². The van der Waals surface area contributed by atoms with Crippen LogP contribution in [0, 0.1) is 0 Å². The number of nitrogens with two attached hydrogens (primary N) is 2. The summed E-state index contributed by atoms with van der Waals surface area (Å²) in [5, 5.41) is 0. The average Bonchev–Trinajstić information content (AvgIpc) is 2.42. The van der Waals surface area contributed by atoms with Gasteiger partial charge in [0.15, 0.2) is 0 Å². The van der Waals surface area contributed by atoms with Crippen LogP contribution in [0.4, 0.5) is 5.82 Å². The Labute approximate surface area is 114 Å². The second-order valence-electron chi connectivity index (χ2n) is 5.13. The lowest BCUT2D eigenvalue weighted by Crippen LogP contribution is -2.51. The number of hydrogen-bond donors (Lipinski definition) is 2. The van der Waals surface area contributed by atoms with Gasteiger partial charge in [-0.05, 0) is 31.0 Å². The smallest absolute Gasteiger partial charge is 0.126 e. The van der Waals surface area contributed by atoms with Crippen LogP contribution in [0.25, 0.3) is 0 Å². The molecule has 1 saturated heterocycles. The van der Waals surface area contributed by atoms with Crippen molar-refractivity contribution >= 4 is 5.82 Å². The molecule has 0 spiro atoms. The fraction of sp³-hybridized carbons (Fsp3) is 0.643. The van der Waals surface area contributed by atoms with Crippen molar-refractivity contribution in [3.05, 3.63) is 23.9 Å². The maximum atomic E-state index is 6.27. The van der Waals surface area contributed by atoms with Crippen molar-refractivity contribution in [3.8, 4) is 0 Å². The lowest BCUT2D eigenvalue weighted by molar-refractivity contribution is -0.0400. The minimum absolute atomic E-state index is 0.0360. The molecule has 0 bridgehead atoms. The van der Waals surface area contributed by atoms with Crippen LogP contribution in [-0.2, 0) is 11.2 Å². The highest BCUT2D eigenvalue weighted by Crippen LogP contribution is 2.15. The molecule has 0 saturated carbocycles. The Morgan fingerprint density at radius 2 is 2.42 bits per heavy atom. The van der Waals surface area contributed by atoms with E-state index in [0.717, 1.165) is 38.2 Å². The van der Waals surface area contributed by atoms with Crippen LogP contribution < -0.4 is 11.5 Å². The first-order valence-corrected chi connectivity index (χ1v) is 6.99. The summed E-state index contributed by atoms with van der Waals surface area (Å²) in [5.41, 5.74) is 13.1. The van der Waals surface area contributed by atoms with Crippen molar-refractivity contribution in [2.45, 2.75) is 31.9 Å². The second-order valence-corrected chi connectivity index (χ2v) is 5.13. The zero-order valence-electron chi connectivity index (χ0n) is 11.6. The minimum Gasteiger partial charge on any atom is -0.383 e. The molecule has 1 aromatic heterocycles. The predicted molar refractivity (Wildman–Crippen MR) is 76.8 cm³/mol. The van der Waals surface area contributed by atoms with Gasteiger partial charge in [-0.25, -0.2) is 4.98 Å². The Kier molecular flexibility index (Phi) is 5.13. The van der Waals surface area contributed by atoms with E-state index in [1.165, 1.54) is 0 Å². The SMILES string of the molecule is CCCN1CCOC(C(N)Cc2cccnc2N)C1. The lowest BCUT2D eigenvalue weighted by Gasteiger charge is -2.35. The third kappa shape index (κ3) is 3.89. The summed E-state index contributed by atoms with van der Waals surface area (Å²) in [6.07, 6.45) is 3.66. The van der Waals surface area contributed by atoms with Crippen LogP contribution in [0.3, 0.4) is 0 Å². The molecule has 5 nitrogen and oxygen atoms in total. The van der Waals surface area contributed by atoms with Crippen LogP contribution in [0.15, 0.2) is 18.3 Å². The van der Waals surface area contributed by atoms with E-state index in [2.05, 4.69) is 16.8 Å². The molecule has 0 radical (unpaired) electrons. The monoisotopic (exact) mass is 264 g/mol. The van der Waals surface area contributed by atoms with Crippen LogP contribution in [0.2, 0.25) is 0 Å². The van der Waals surface area contributed by atoms with Crippen LogP contribution >= 0.6 is 0 Å². The van der Waals surface area contributed by atoms with E-state index >= 15 is 0 Å². The molecule has 0 aliphatic carbocycles. The molecule has 4 N–H and O–H groups in total. The van der Waals surface area contributed by atoms with Crippen molar-refractivity contribution < 1.29 is 4.74 Å². The van der Waals surface area contributed by atoms with Gasteiger partial charge in [0.1, 0.15) is 5.82 Å². The molecule has 1 fully saturated rings. The molecule has 1 aliphatic heterocycles. The molecule has 1 aliphatic rings. The maximum absolute atomic E-state index is 6.27. The summed E-state index contributed by atoms with van der Waals surface area (Å²) in [4.78, 5) is 6.51. The first-order chi connectivity index (χ1) is 9.20. The van der Waals surface area contributed by atoms with Gasteiger partial charge < -0.3 is 16.2 Å². The fourth-order valence-corrected chi connectivity index (χ4v) is 2.52. The minimum atomic E-state index is -0.0360. The first-order valence-electron chi connectivity index (χ1n) is 6.99. The average molecular weight is 264 g/mol. The summed E-state index contributed by atoms with van der Waals surface area (Å²) in [5.74, 6) is 0.569. The fourth-order valence-electron chi connectivity index (χ4n) is 2.52. The van der Waals surface area contributed by atoms with Crippen molar-refractivity contribution in [1.29, 1.82) is 0 Å². The van der Waals surface area contributed by atoms with Crippen LogP contribution in [-0.4, -0.2) is 48.3 Å². The van der Waals surface area contributed by atoms with Gasteiger partial charge >= 0.3 is 0 Å². The molecule has 2 unspecified atom stereocenters. The van der Waals surface area contributed by atoms with Gasteiger partial charge in [-0.2, -0.15) is 0 Å². The summed E-state index contributed by atoms with van der Waals surface area (Å²) in [7, 11) is 0. The number of ether oxygens (including phenoxy) is 1. The van der Waals surface area contributed by atoms with Crippen molar-refractivity contribution in [3.63, 3.8) is 0 Å². The van der Waals surface area contributed by atoms with Gasteiger partial charge in [-0.1, -0.05) is 13.0 Å². The number of pyridine rings is 1. The third-order valence-corrected chi connectivity index (χ3v) is 3.58. The molecule has 0 amide bonds. The zero-order chi connectivity index (χ0) is 13.7. The van der Waals surface area contributed by atoms with E-state index in [0.29, 0.717) is 12.2 Å². The van der Waals surface area contributed by atoms with E-state index in [1.54, 1.807) is 6.20 Å². The third-order valence-electron chi connectivity index (χ3n) is 3.58. The molecule has 1 aromatic rings. The van der Waals surface area contributed by atoms with E-state index in [9.17, 15) is 0 Å². The summed E-state index contributed by atoms with van der Waals surface area (Å²) in [6, 6.07) is 3.84. The topological polar surface area (TPSA) is 77.4 Å². The van der Waals surface area contributed by atoms with Gasteiger partial charge in [0.2, 0.25) is 0 Å². The highest BCUT2D eigenvalue weighted by atomic mass is 16.5. The Bertz CT molecular complexity index is 397. The number of rotatable bonds is 5. The second kappa shape index (κ2) is 6.84. The number of morpholine rings is 1. The van der Waals surface area contributed by atoms with E-state index in [1.807, 2.05) is 12.1 Å². The molecule has 19 heavy (non-hydrogen) atoms. The van der Waals surface area contributed by atoms with Gasteiger partial charge in [-0.3, -0.25) is 4.90 Å². The van der Waals surface area contributed by atoms with Crippen molar-refractivity contribution in [2.75, 3.05) is 32.0 Å².